The number of rotatable bonds is 3. The lowest BCUT2D eigenvalue weighted by molar-refractivity contribution is 0.437. The van der Waals surface area contributed by atoms with Gasteiger partial charge in [-0.1, -0.05) is 41.1 Å². The first kappa shape index (κ1) is 12.2. The average Bonchev–Trinajstić information content (AvgIpc) is 3.03. The highest BCUT2D eigenvalue weighted by Crippen LogP contribution is 2.42. The summed E-state index contributed by atoms with van der Waals surface area (Å²) in [7, 11) is 0. The van der Waals surface area contributed by atoms with Crippen molar-refractivity contribution in [3.8, 4) is 0 Å². The van der Waals surface area contributed by atoms with Crippen LogP contribution in [-0.4, -0.2) is 16.0 Å². The van der Waals surface area contributed by atoms with E-state index in [0.29, 0.717) is 5.89 Å². The first-order chi connectivity index (χ1) is 8.79. The summed E-state index contributed by atoms with van der Waals surface area (Å²) in [6.07, 6.45) is 0.942. The molecule has 3 rings (SSSR count). The zero-order valence-electron chi connectivity index (χ0n) is 9.97. The minimum Gasteiger partial charge on any atom is -0.423 e. The lowest BCUT2D eigenvalue weighted by Crippen LogP contribution is -1.99. The topological polar surface area (TPSA) is 38.9 Å². The van der Waals surface area contributed by atoms with Gasteiger partial charge in [0.25, 0.3) is 0 Å². The Kier molecular flexibility index (Phi) is 3.43. The van der Waals surface area contributed by atoms with Crippen molar-refractivity contribution < 1.29 is 4.42 Å². The summed E-state index contributed by atoms with van der Waals surface area (Å²) < 4.78 is 5.79. The van der Waals surface area contributed by atoms with Crippen LogP contribution in [-0.2, 0) is 0 Å². The fraction of sp³-hybridized carbons (Fsp3) is 0.385. The predicted molar refractivity (Wildman–Crippen MR) is 75.3 cm³/mol. The van der Waals surface area contributed by atoms with E-state index in [9.17, 15) is 0 Å². The molecule has 5 heteroatoms. The minimum atomic E-state index is 0.156. The van der Waals surface area contributed by atoms with Crippen LogP contribution < -0.4 is 0 Å². The third kappa shape index (κ3) is 2.10. The zero-order chi connectivity index (χ0) is 12.5. The number of alkyl halides is 1. The van der Waals surface area contributed by atoms with Gasteiger partial charge in [-0.25, -0.2) is 0 Å². The van der Waals surface area contributed by atoms with Gasteiger partial charge in [-0.15, -0.1) is 22.0 Å². The molecule has 0 N–H and O–H groups in total. The molecule has 94 valence electrons. The number of thioether (sulfide) groups is 1. The Bertz CT molecular complexity index is 557. The summed E-state index contributed by atoms with van der Waals surface area (Å²) in [6.45, 7) is 2.09. The smallest absolute Gasteiger partial charge is 0.230 e. The molecule has 3 nitrogen and oxygen atoms in total. The van der Waals surface area contributed by atoms with Crippen molar-refractivity contribution >= 4 is 27.7 Å². The number of benzene rings is 1. The van der Waals surface area contributed by atoms with Gasteiger partial charge in [0.15, 0.2) is 0 Å². The first-order valence-electron chi connectivity index (χ1n) is 5.98. The first-order valence-corrected chi connectivity index (χ1v) is 7.88. The molecule has 0 aliphatic carbocycles. The molecular formula is C13H13BrN2OS. The maximum Gasteiger partial charge on any atom is 0.230 e. The largest absolute Gasteiger partial charge is 0.423 e. The summed E-state index contributed by atoms with van der Waals surface area (Å²) in [6, 6.07) is 8.43. The molecule has 0 bridgehead atoms. The molecule has 2 unspecified atom stereocenters. The normalized spacial score (nSPS) is 19.8. The number of fused-ring (bicyclic) bond motifs is 1. The quantitative estimate of drug-likeness (QED) is 0.795. The van der Waals surface area contributed by atoms with E-state index in [-0.39, 0.29) is 10.7 Å². The molecule has 1 aliphatic heterocycles. The van der Waals surface area contributed by atoms with E-state index in [1.807, 2.05) is 11.8 Å². The summed E-state index contributed by atoms with van der Waals surface area (Å²) >= 11 is 5.39. The van der Waals surface area contributed by atoms with E-state index in [4.69, 9.17) is 4.42 Å². The van der Waals surface area contributed by atoms with Gasteiger partial charge >= 0.3 is 0 Å². The van der Waals surface area contributed by atoms with Gasteiger partial charge in [0.05, 0.1) is 10.7 Å². The third-order valence-electron chi connectivity index (χ3n) is 3.08. The Balaban J connectivity index is 1.91. The van der Waals surface area contributed by atoms with Crippen molar-refractivity contribution in [1.82, 2.24) is 10.2 Å². The maximum atomic E-state index is 5.79. The van der Waals surface area contributed by atoms with Gasteiger partial charge in [-0.05, 0) is 18.1 Å². The molecule has 2 atom stereocenters. The van der Waals surface area contributed by atoms with Crippen LogP contribution >= 0.6 is 27.7 Å². The second kappa shape index (κ2) is 5.05. The number of hydrogen-bond acceptors (Lipinski definition) is 4. The molecule has 2 heterocycles. The monoisotopic (exact) mass is 324 g/mol. The Labute approximate surface area is 119 Å². The summed E-state index contributed by atoms with van der Waals surface area (Å²) in [5, 5.41) is 8.34. The fourth-order valence-corrected chi connectivity index (χ4v) is 3.46. The van der Waals surface area contributed by atoms with E-state index < -0.39 is 0 Å². The Morgan fingerprint density at radius 3 is 3.11 bits per heavy atom. The van der Waals surface area contributed by atoms with Crippen LogP contribution in [0.1, 0.15) is 41.4 Å². The molecule has 18 heavy (non-hydrogen) atoms. The van der Waals surface area contributed by atoms with Gasteiger partial charge in [-0.3, -0.25) is 0 Å². The minimum absolute atomic E-state index is 0.156. The van der Waals surface area contributed by atoms with Gasteiger partial charge in [0.1, 0.15) is 0 Å². The molecule has 1 aromatic heterocycles. The van der Waals surface area contributed by atoms with Crippen molar-refractivity contribution in [2.45, 2.75) is 29.0 Å². The van der Waals surface area contributed by atoms with Crippen LogP contribution in [0.4, 0.5) is 0 Å². The Hall–Kier alpha value is -0.810. The van der Waals surface area contributed by atoms with E-state index in [0.717, 1.165) is 18.1 Å². The molecule has 0 saturated heterocycles. The standard InChI is InChI=1S/C13H13BrN2OS/c1-2-10(14)13-16-15-12(17-13)9-7-18-11-6-4-3-5-8(9)11/h3-6,9-10H,2,7H2,1H3. The SMILES string of the molecule is CCC(Br)c1nnc(C2CSc3ccccc32)o1. The van der Waals surface area contributed by atoms with E-state index in [2.05, 4.69) is 57.3 Å². The van der Waals surface area contributed by atoms with Crippen molar-refractivity contribution in [3.63, 3.8) is 0 Å². The van der Waals surface area contributed by atoms with Crippen LogP contribution in [0, 0.1) is 0 Å². The van der Waals surface area contributed by atoms with Gasteiger partial charge in [0, 0.05) is 10.6 Å². The van der Waals surface area contributed by atoms with Crippen molar-refractivity contribution in [1.29, 1.82) is 0 Å². The van der Waals surface area contributed by atoms with Gasteiger partial charge in [-0.2, -0.15) is 0 Å². The van der Waals surface area contributed by atoms with E-state index >= 15 is 0 Å². The highest BCUT2D eigenvalue weighted by molar-refractivity contribution is 9.09. The lowest BCUT2D eigenvalue weighted by atomic mass is 10.0. The van der Waals surface area contributed by atoms with Crippen LogP contribution in [0.15, 0.2) is 33.6 Å². The van der Waals surface area contributed by atoms with Crippen LogP contribution in [0.2, 0.25) is 0 Å². The van der Waals surface area contributed by atoms with Crippen molar-refractivity contribution in [3.05, 3.63) is 41.6 Å². The second-order valence-electron chi connectivity index (χ2n) is 4.26. The molecule has 0 fully saturated rings. The second-order valence-corrected chi connectivity index (χ2v) is 6.42. The third-order valence-corrected chi connectivity index (χ3v) is 5.30. The average molecular weight is 325 g/mol. The van der Waals surface area contributed by atoms with Gasteiger partial charge in [0.2, 0.25) is 11.8 Å². The molecule has 0 saturated carbocycles. The van der Waals surface area contributed by atoms with Crippen molar-refractivity contribution in [2.24, 2.45) is 0 Å². The van der Waals surface area contributed by atoms with E-state index in [1.54, 1.807) is 0 Å². The Morgan fingerprint density at radius 2 is 2.28 bits per heavy atom. The highest BCUT2D eigenvalue weighted by Gasteiger charge is 2.29. The number of hydrogen-bond donors (Lipinski definition) is 0. The summed E-state index contributed by atoms with van der Waals surface area (Å²) in [4.78, 5) is 1.48. The van der Waals surface area contributed by atoms with Crippen LogP contribution in [0.5, 0.6) is 0 Å². The number of aromatic nitrogens is 2. The number of nitrogens with zero attached hydrogens (tertiary/aromatic N) is 2. The molecular weight excluding hydrogens is 312 g/mol. The summed E-state index contributed by atoms with van der Waals surface area (Å²) in [5.74, 6) is 2.64. The van der Waals surface area contributed by atoms with E-state index in [1.165, 1.54) is 10.5 Å². The molecule has 0 spiro atoms. The van der Waals surface area contributed by atoms with Crippen LogP contribution in [0.25, 0.3) is 0 Å². The predicted octanol–water partition coefficient (Wildman–Crippen LogP) is 4.15. The Morgan fingerprint density at radius 1 is 1.44 bits per heavy atom. The fourth-order valence-electron chi connectivity index (χ4n) is 2.06. The molecule has 1 aromatic carbocycles. The zero-order valence-corrected chi connectivity index (χ0v) is 12.4. The van der Waals surface area contributed by atoms with Crippen LogP contribution in [0.3, 0.4) is 0 Å². The molecule has 0 radical (unpaired) electrons. The highest BCUT2D eigenvalue weighted by atomic mass is 79.9. The molecule has 0 amide bonds. The summed E-state index contributed by atoms with van der Waals surface area (Å²) in [5.41, 5.74) is 1.31. The lowest BCUT2D eigenvalue weighted by Gasteiger charge is -2.05. The molecule has 1 aliphatic rings. The number of halogens is 1. The van der Waals surface area contributed by atoms with Crippen molar-refractivity contribution in [2.75, 3.05) is 5.75 Å². The van der Waals surface area contributed by atoms with Gasteiger partial charge < -0.3 is 4.42 Å². The molecule has 2 aromatic rings. The maximum absolute atomic E-state index is 5.79.